The van der Waals surface area contributed by atoms with Gasteiger partial charge in [0.2, 0.25) is 15.9 Å². The number of unbranched alkanes of at least 4 members (excludes halogenated alkanes) is 1. The molecule has 1 amide bonds. The first-order valence-electron chi connectivity index (χ1n) is 10.4. The molecule has 1 N–H and O–H groups in total. The Bertz CT molecular complexity index is 914. The first-order chi connectivity index (χ1) is 13.5. The number of hydrogen-bond acceptors (Lipinski definition) is 3. The summed E-state index contributed by atoms with van der Waals surface area (Å²) in [6, 6.07) is 6.83. The average Bonchev–Trinajstić information content (AvgIpc) is 3.12. The van der Waals surface area contributed by atoms with Crippen molar-refractivity contribution in [3.63, 3.8) is 0 Å². The van der Waals surface area contributed by atoms with Gasteiger partial charge in [-0.3, -0.25) is 4.79 Å². The zero-order chi connectivity index (χ0) is 20.1. The maximum atomic E-state index is 12.9. The first-order valence-corrected chi connectivity index (χ1v) is 11.8. The molecule has 1 saturated heterocycles. The highest BCUT2D eigenvalue weighted by Crippen LogP contribution is 2.27. The summed E-state index contributed by atoms with van der Waals surface area (Å²) in [4.78, 5) is 12.9. The molecule has 0 unspecified atom stereocenters. The second kappa shape index (κ2) is 9.09. The Morgan fingerprint density at radius 1 is 1.14 bits per heavy atom. The van der Waals surface area contributed by atoms with E-state index in [-0.39, 0.29) is 11.9 Å². The standard InChI is InChI=1S/C21H31N3O3S/c1-3-5-12-22-21(25)19(4-2)24-15-11-17-16-18(9-10-20(17)24)28(26,27)23-13-7-6-8-14-23/h9-11,15-16,19H,3-8,12-14H2,1-2H3,(H,22,25)/t19-/m1/s1. The van der Waals surface area contributed by atoms with Crippen LogP contribution in [0.1, 0.15) is 58.4 Å². The van der Waals surface area contributed by atoms with Gasteiger partial charge in [-0.2, -0.15) is 4.31 Å². The number of rotatable bonds is 8. The normalized spacial score (nSPS) is 16.9. The third-order valence-electron chi connectivity index (χ3n) is 5.50. The van der Waals surface area contributed by atoms with E-state index in [0.29, 0.717) is 31.0 Å². The number of aromatic nitrogens is 1. The number of piperidine rings is 1. The van der Waals surface area contributed by atoms with Crippen molar-refractivity contribution in [1.29, 1.82) is 0 Å². The third kappa shape index (κ3) is 4.25. The zero-order valence-electron chi connectivity index (χ0n) is 16.9. The number of hydrogen-bond donors (Lipinski definition) is 1. The summed E-state index contributed by atoms with van der Waals surface area (Å²) in [5.74, 6) is 0.0125. The van der Waals surface area contributed by atoms with Crippen LogP contribution in [0, 0.1) is 0 Å². The van der Waals surface area contributed by atoms with Gasteiger partial charge in [-0.05, 0) is 49.9 Å². The Kier molecular flexibility index (Phi) is 6.78. The fourth-order valence-corrected chi connectivity index (χ4v) is 5.40. The molecular weight excluding hydrogens is 374 g/mol. The summed E-state index contributed by atoms with van der Waals surface area (Å²) in [6.07, 6.45) is 7.49. The fraction of sp³-hybridized carbons (Fsp3) is 0.571. The summed E-state index contributed by atoms with van der Waals surface area (Å²) >= 11 is 0. The van der Waals surface area contributed by atoms with E-state index in [1.165, 1.54) is 0 Å². The largest absolute Gasteiger partial charge is 0.354 e. The molecule has 6 nitrogen and oxygen atoms in total. The molecule has 154 valence electrons. The van der Waals surface area contributed by atoms with E-state index in [2.05, 4.69) is 12.2 Å². The molecule has 1 aromatic heterocycles. The molecule has 1 aliphatic heterocycles. The molecule has 2 aromatic rings. The Morgan fingerprint density at radius 3 is 2.57 bits per heavy atom. The number of carbonyl (C=O) groups is 1. The minimum absolute atomic E-state index is 0.0125. The van der Waals surface area contributed by atoms with Crippen LogP contribution in [0.3, 0.4) is 0 Å². The van der Waals surface area contributed by atoms with Gasteiger partial charge in [-0.15, -0.1) is 0 Å². The van der Waals surface area contributed by atoms with Crippen LogP contribution in [0.25, 0.3) is 10.9 Å². The van der Waals surface area contributed by atoms with E-state index in [4.69, 9.17) is 0 Å². The van der Waals surface area contributed by atoms with Gasteiger partial charge in [0.05, 0.1) is 4.90 Å². The Morgan fingerprint density at radius 2 is 1.89 bits per heavy atom. The predicted molar refractivity (Wildman–Crippen MR) is 112 cm³/mol. The lowest BCUT2D eigenvalue weighted by molar-refractivity contribution is -0.124. The number of amides is 1. The Balaban J connectivity index is 1.86. The SMILES string of the molecule is CCCCNC(=O)[C@@H](CC)n1ccc2cc(S(=O)(=O)N3CCCCC3)ccc21. The molecule has 0 aliphatic carbocycles. The molecule has 0 radical (unpaired) electrons. The van der Waals surface area contributed by atoms with E-state index in [1.54, 1.807) is 16.4 Å². The van der Waals surface area contributed by atoms with E-state index >= 15 is 0 Å². The van der Waals surface area contributed by atoms with E-state index in [1.807, 2.05) is 29.8 Å². The molecule has 1 aromatic carbocycles. The second-order valence-corrected chi connectivity index (χ2v) is 9.41. The molecule has 2 heterocycles. The zero-order valence-corrected chi connectivity index (χ0v) is 17.7. The van der Waals surface area contributed by atoms with Gasteiger partial charge in [0.15, 0.2) is 0 Å². The van der Waals surface area contributed by atoms with Crippen molar-refractivity contribution in [2.45, 2.75) is 63.3 Å². The van der Waals surface area contributed by atoms with Crippen LogP contribution in [0.5, 0.6) is 0 Å². The Hall–Kier alpha value is -1.86. The molecular formula is C21H31N3O3S. The van der Waals surface area contributed by atoms with Gasteiger partial charge in [-0.1, -0.05) is 26.7 Å². The number of fused-ring (bicyclic) bond motifs is 1. The lowest BCUT2D eigenvalue weighted by Crippen LogP contribution is -2.35. The van der Waals surface area contributed by atoms with Crippen LogP contribution in [-0.4, -0.2) is 42.8 Å². The smallest absolute Gasteiger partial charge is 0.243 e. The number of sulfonamides is 1. The van der Waals surface area contributed by atoms with Crippen molar-refractivity contribution in [2.24, 2.45) is 0 Å². The second-order valence-electron chi connectivity index (χ2n) is 7.48. The molecule has 1 fully saturated rings. The summed E-state index contributed by atoms with van der Waals surface area (Å²) in [7, 11) is -3.46. The van der Waals surface area contributed by atoms with Gasteiger partial charge < -0.3 is 9.88 Å². The van der Waals surface area contributed by atoms with E-state index < -0.39 is 10.0 Å². The number of nitrogens with zero attached hydrogens (tertiary/aromatic N) is 2. The van der Waals surface area contributed by atoms with Crippen molar-refractivity contribution in [3.8, 4) is 0 Å². The molecule has 7 heteroatoms. The molecule has 0 saturated carbocycles. The topological polar surface area (TPSA) is 71.4 Å². The highest BCUT2D eigenvalue weighted by atomic mass is 32.2. The van der Waals surface area contributed by atoms with E-state index in [9.17, 15) is 13.2 Å². The molecule has 0 spiro atoms. The van der Waals surface area contributed by atoms with Gasteiger partial charge in [0, 0.05) is 36.7 Å². The maximum Gasteiger partial charge on any atom is 0.243 e. The summed E-state index contributed by atoms with van der Waals surface area (Å²) in [5.41, 5.74) is 0.884. The van der Waals surface area contributed by atoms with Crippen LogP contribution >= 0.6 is 0 Å². The van der Waals surface area contributed by atoms with Crippen LogP contribution in [0.4, 0.5) is 0 Å². The minimum atomic E-state index is -3.46. The van der Waals surface area contributed by atoms with Crippen molar-refractivity contribution >= 4 is 26.8 Å². The summed E-state index contributed by atoms with van der Waals surface area (Å²) in [6.45, 7) is 5.96. The number of carbonyl (C=O) groups excluding carboxylic acids is 1. The van der Waals surface area contributed by atoms with E-state index in [0.717, 1.165) is 43.0 Å². The summed E-state index contributed by atoms with van der Waals surface area (Å²) in [5, 5.41) is 3.85. The fourth-order valence-electron chi connectivity index (χ4n) is 3.84. The highest BCUT2D eigenvalue weighted by molar-refractivity contribution is 7.89. The number of nitrogens with one attached hydrogen (secondary N) is 1. The van der Waals surface area contributed by atoms with Crippen LogP contribution in [0.15, 0.2) is 35.4 Å². The predicted octanol–water partition coefficient (Wildman–Crippen LogP) is 3.68. The van der Waals surface area contributed by atoms with Gasteiger partial charge in [0.1, 0.15) is 6.04 Å². The summed E-state index contributed by atoms with van der Waals surface area (Å²) < 4.78 is 29.4. The average molecular weight is 406 g/mol. The lowest BCUT2D eigenvalue weighted by Gasteiger charge is -2.26. The van der Waals surface area contributed by atoms with Crippen molar-refractivity contribution in [2.75, 3.05) is 19.6 Å². The maximum absolute atomic E-state index is 12.9. The molecule has 1 atom stereocenters. The molecule has 28 heavy (non-hydrogen) atoms. The molecule has 0 bridgehead atoms. The van der Waals surface area contributed by atoms with Crippen molar-refractivity contribution in [3.05, 3.63) is 30.5 Å². The van der Waals surface area contributed by atoms with Crippen LogP contribution in [-0.2, 0) is 14.8 Å². The first kappa shape index (κ1) is 20.9. The Labute approximate surface area is 168 Å². The monoisotopic (exact) mass is 405 g/mol. The van der Waals surface area contributed by atoms with Crippen LogP contribution in [0.2, 0.25) is 0 Å². The number of benzene rings is 1. The highest BCUT2D eigenvalue weighted by Gasteiger charge is 2.27. The minimum Gasteiger partial charge on any atom is -0.354 e. The molecule has 1 aliphatic rings. The van der Waals surface area contributed by atoms with Gasteiger partial charge >= 0.3 is 0 Å². The quantitative estimate of drug-likeness (QED) is 0.681. The van der Waals surface area contributed by atoms with Crippen LogP contribution < -0.4 is 5.32 Å². The lowest BCUT2D eigenvalue weighted by atomic mass is 10.2. The third-order valence-corrected chi connectivity index (χ3v) is 7.39. The van der Waals surface area contributed by atoms with Gasteiger partial charge in [-0.25, -0.2) is 8.42 Å². The molecule has 3 rings (SSSR count). The van der Waals surface area contributed by atoms with Crippen molar-refractivity contribution in [1.82, 2.24) is 14.2 Å². The van der Waals surface area contributed by atoms with Gasteiger partial charge in [0.25, 0.3) is 0 Å². The van der Waals surface area contributed by atoms with Crippen molar-refractivity contribution < 1.29 is 13.2 Å².